The number of methoxy groups -OCH3 is 1. The number of esters is 1. The number of rotatable bonds is 5. The van der Waals surface area contributed by atoms with Gasteiger partial charge in [0.2, 0.25) is 0 Å². The van der Waals surface area contributed by atoms with Crippen LogP contribution in [0.25, 0.3) is 11.4 Å². The van der Waals surface area contributed by atoms with Gasteiger partial charge >= 0.3 is 12.1 Å². The number of imidazole rings is 1. The van der Waals surface area contributed by atoms with E-state index in [2.05, 4.69) is 5.32 Å². The minimum Gasteiger partial charge on any atom is -0.491 e. The lowest BCUT2D eigenvalue weighted by atomic mass is 9.87. The monoisotopic (exact) mass is 424 g/mol. The van der Waals surface area contributed by atoms with Crippen molar-refractivity contribution < 1.29 is 23.8 Å². The molecule has 31 heavy (non-hydrogen) atoms. The zero-order chi connectivity index (χ0) is 21.5. The van der Waals surface area contributed by atoms with Crippen molar-refractivity contribution in [2.75, 3.05) is 30.5 Å². The van der Waals surface area contributed by atoms with Gasteiger partial charge in [0.05, 0.1) is 25.3 Å². The Morgan fingerprint density at radius 3 is 2.87 bits per heavy atom. The molecule has 3 atom stereocenters. The van der Waals surface area contributed by atoms with Crippen LogP contribution < -0.4 is 15.0 Å². The molecule has 9 nitrogen and oxygen atoms in total. The van der Waals surface area contributed by atoms with Gasteiger partial charge in [0.25, 0.3) is 0 Å². The van der Waals surface area contributed by atoms with Crippen LogP contribution in [0.2, 0.25) is 0 Å². The number of ether oxygens (including phenoxy) is 3. The molecule has 3 aliphatic rings. The van der Waals surface area contributed by atoms with E-state index in [0.29, 0.717) is 31.3 Å². The maximum absolute atomic E-state index is 12.2. The lowest BCUT2D eigenvalue weighted by molar-refractivity contribution is -0.142. The van der Waals surface area contributed by atoms with Crippen LogP contribution in [-0.4, -0.2) is 54.0 Å². The Balaban J connectivity index is 1.45. The summed E-state index contributed by atoms with van der Waals surface area (Å²) < 4.78 is 18.1. The summed E-state index contributed by atoms with van der Waals surface area (Å²) in [5.41, 5.74) is 1.60. The zero-order valence-electron chi connectivity index (χ0n) is 17.4. The number of fused-ring (bicyclic) bond motifs is 3. The van der Waals surface area contributed by atoms with Crippen LogP contribution >= 0.6 is 0 Å². The molecule has 0 bridgehead atoms. The third-order valence-corrected chi connectivity index (χ3v) is 5.91. The number of carbonyl (C=O) groups excluding carboxylic acids is 2. The maximum atomic E-state index is 12.2. The lowest BCUT2D eigenvalue weighted by Crippen LogP contribution is -2.38. The highest BCUT2D eigenvalue weighted by Gasteiger charge is 2.34. The van der Waals surface area contributed by atoms with Gasteiger partial charge in [-0.1, -0.05) is 12.2 Å². The SMILES string of the molecule is COC(=O)[C@@H](Nc1ccc2c(c1)OCCn1cc(N3C(=O)OC[C@H]3C)nc1-2)C1C=CC1. The van der Waals surface area contributed by atoms with Crippen molar-refractivity contribution in [3.8, 4) is 17.1 Å². The van der Waals surface area contributed by atoms with Crippen LogP contribution in [0.4, 0.5) is 16.3 Å². The van der Waals surface area contributed by atoms with Gasteiger partial charge in [0, 0.05) is 23.9 Å². The molecule has 1 aliphatic carbocycles. The number of nitrogens with one attached hydrogen (secondary N) is 1. The van der Waals surface area contributed by atoms with E-state index in [0.717, 1.165) is 23.5 Å². The van der Waals surface area contributed by atoms with Crippen molar-refractivity contribution in [2.45, 2.75) is 32.0 Å². The molecule has 0 saturated carbocycles. The molecule has 2 aromatic rings. The van der Waals surface area contributed by atoms with Gasteiger partial charge in [-0.3, -0.25) is 4.90 Å². The van der Waals surface area contributed by atoms with E-state index in [9.17, 15) is 9.59 Å². The third kappa shape index (κ3) is 3.39. The highest BCUT2D eigenvalue weighted by molar-refractivity contribution is 5.89. The summed E-state index contributed by atoms with van der Waals surface area (Å²) in [7, 11) is 1.40. The Bertz CT molecular complexity index is 1060. The van der Waals surface area contributed by atoms with Crippen LogP contribution in [0.1, 0.15) is 13.3 Å². The molecule has 1 amide bonds. The molecule has 1 N–H and O–H groups in total. The molecule has 1 aromatic carbocycles. The van der Waals surface area contributed by atoms with E-state index in [1.54, 1.807) is 4.90 Å². The van der Waals surface area contributed by atoms with Crippen LogP contribution in [-0.2, 0) is 20.8 Å². The molecule has 3 heterocycles. The van der Waals surface area contributed by atoms with Crippen LogP contribution in [0, 0.1) is 5.92 Å². The fraction of sp³-hybridized carbons (Fsp3) is 0.409. The van der Waals surface area contributed by atoms with Crippen LogP contribution in [0.15, 0.2) is 36.5 Å². The molecule has 1 fully saturated rings. The number of nitrogens with zero attached hydrogens (tertiary/aromatic N) is 3. The van der Waals surface area contributed by atoms with Crippen LogP contribution in [0.3, 0.4) is 0 Å². The summed E-state index contributed by atoms with van der Waals surface area (Å²) in [6.07, 6.45) is 6.37. The molecule has 0 spiro atoms. The highest BCUT2D eigenvalue weighted by Crippen LogP contribution is 2.37. The summed E-state index contributed by atoms with van der Waals surface area (Å²) in [4.78, 5) is 30.6. The second-order valence-corrected chi connectivity index (χ2v) is 7.94. The normalized spacial score (nSPS) is 22.4. The Kier molecular flexibility index (Phi) is 4.80. The van der Waals surface area contributed by atoms with E-state index >= 15 is 0 Å². The number of aromatic nitrogens is 2. The van der Waals surface area contributed by atoms with Crippen molar-refractivity contribution in [1.82, 2.24) is 9.55 Å². The van der Waals surface area contributed by atoms with E-state index in [1.807, 2.05) is 48.0 Å². The fourth-order valence-electron chi connectivity index (χ4n) is 4.10. The zero-order valence-corrected chi connectivity index (χ0v) is 17.4. The van der Waals surface area contributed by atoms with Crippen molar-refractivity contribution in [1.29, 1.82) is 0 Å². The Labute approximate surface area is 179 Å². The molecule has 0 radical (unpaired) electrons. The van der Waals surface area contributed by atoms with Crippen LogP contribution in [0.5, 0.6) is 5.75 Å². The van der Waals surface area contributed by atoms with Gasteiger partial charge in [-0.2, -0.15) is 0 Å². The summed E-state index contributed by atoms with van der Waals surface area (Å²) in [5, 5.41) is 3.29. The Morgan fingerprint density at radius 1 is 1.35 bits per heavy atom. The molecule has 2 aliphatic heterocycles. The summed E-state index contributed by atoms with van der Waals surface area (Å²) in [6, 6.07) is 5.18. The fourth-order valence-corrected chi connectivity index (χ4v) is 4.10. The van der Waals surface area contributed by atoms with E-state index in [1.165, 1.54) is 7.11 Å². The molecule has 5 rings (SSSR count). The molecule has 1 saturated heterocycles. The first-order valence-electron chi connectivity index (χ1n) is 10.4. The standard InChI is InChI=1S/C22H24N4O5/c1-13-12-31-22(28)26(13)18-11-25-8-9-30-17-10-15(6-7-16(17)20(25)24-18)23-19(21(27)29-2)14-4-3-5-14/h3-4,6-7,10-11,13-14,19,23H,5,8-9,12H2,1-2H3/t13-,14?,19+/m1/s1. The number of hydrogen-bond donors (Lipinski definition) is 1. The van der Waals surface area contributed by atoms with Crippen molar-refractivity contribution >= 4 is 23.6 Å². The largest absolute Gasteiger partial charge is 0.491 e. The Hall–Kier alpha value is -3.49. The molecular formula is C22H24N4O5. The average molecular weight is 424 g/mol. The molecule has 1 aromatic heterocycles. The summed E-state index contributed by atoms with van der Waals surface area (Å²) >= 11 is 0. The van der Waals surface area contributed by atoms with Crippen molar-refractivity contribution in [3.63, 3.8) is 0 Å². The van der Waals surface area contributed by atoms with Crippen molar-refractivity contribution in [3.05, 3.63) is 36.5 Å². The third-order valence-electron chi connectivity index (χ3n) is 5.91. The number of amides is 1. The van der Waals surface area contributed by atoms with Gasteiger partial charge in [-0.05, 0) is 25.5 Å². The summed E-state index contributed by atoms with van der Waals surface area (Å²) in [6.45, 7) is 3.35. The van der Waals surface area contributed by atoms with E-state index in [-0.39, 0.29) is 24.0 Å². The highest BCUT2D eigenvalue weighted by atomic mass is 16.6. The minimum atomic E-state index is -0.449. The average Bonchev–Trinajstić information content (AvgIpc) is 3.23. The number of allylic oxidation sites excluding steroid dienone is 1. The minimum absolute atomic E-state index is 0.0650. The number of benzene rings is 1. The first-order chi connectivity index (χ1) is 15.0. The van der Waals surface area contributed by atoms with Gasteiger partial charge in [-0.15, -0.1) is 0 Å². The van der Waals surface area contributed by atoms with Gasteiger partial charge < -0.3 is 24.1 Å². The van der Waals surface area contributed by atoms with Gasteiger partial charge in [-0.25, -0.2) is 14.6 Å². The quantitative estimate of drug-likeness (QED) is 0.583. The van der Waals surface area contributed by atoms with E-state index < -0.39 is 6.04 Å². The predicted octanol–water partition coefficient (Wildman–Crippen LogP) is 2.82. The topological polar surface area (TPSA) is 94.9 Å². The van der Waals surface area contributed by atoms with Gasteiger partial charge in [0.15, 0.2) is 5.82 Å². The van der Waals surface area contributed by atoms with Crippen molar-refractivity contribution in [2.24, 2.45) is 5.92 Å². The van der Waals surface area contributed by atoms with Gasteiger partial charge in [0.1, 0.15) is 30.8 Å². The number of carbonyl (C=O) groups is 2. The lowest BCUT2D eigenvalue weighted by Gasteiger charge is -2.28. The number of cyclic esters (lactones) is 1. The first kappa shape index (κ1) is 19.5. The number of anilines is 2. The second-order valence-electron chi connectivity index (χ2n) is 7.94. The maximum Gasteiger partial charge on any atom is 0.415 e. The molecule has 162 valence electrons. The summed E-state index contributed by atoms with van der Waals surface area (Å²) in [5.74, 6) is 1.79. The molecule has 9 heteroatoms. The van der Waals surface area contributed by atoms with E-state index in [4.69, 9.17) is 19.2 Å². The first-order valence-corrected chi connectivity index (χ1v) is 10.4. The molecule has 1 unspecified atom stereocenters. The second kappa shape index (κ2) is 7.64. The smallest absolute Gasteiger partial charge is 0.415 e. The molecular weight excluding hydrogens is 400 g/mol. The number of hydrogen-bond acceptors (Lipinski definition) is 7. The predicted molar refractivity (Wildman–Crippen MR) is 113 cm³/mol. The Morgan fingerprint density at radius 2 is 2.19 bits per heavy atom.